The second kappa shape index (κ2) is 12.1. The number of para-hydroxylation sites is 1. The van der Waals surface area contributed by atoms with Crippen molar-refractivity contribution in [1.29, 1.82) is 0 Å². The van der Waals surface area contributed by atoms with E-state index in [0.29, 0.717) is 28.9 Å². The molecule has 0 amide bonds. The fraction of sp³-hybridized carbons (Fsp3) is 0.267. The normalized spacial score (nSPS) is 12.3. The van der Waals surface area contributed by atoms with Crippen molar-refractivity contribution in [2.24, 2.45) is 5.10 Å². The van der Waals surface area contributed by atoms with E-state index in [2.05, 4.69) is 18.9 Å². The second-order valence-corrected chi connectivity index (χ2v) is 10.3. The molecule has 0 aliphatic heterocycles. The van der Waals surface area contributed by atoms with E-state index in [1.165, 1.54) is 29.9 Å². The van der Waals surface area contributed by atoms with Gasteiger partial charge in [0, 0.05) is 5.56 Å². The van der Waals surface area contributed by atoms with E-state index in [0.717, 1.165) is 22.4 Å². The topological polar surface area (TPSA) is 103 Å². The molecule has 0 aliphatic rings. The molecule has 208 valence electrons. The molecule has 0 bridgehead atoms. The number of hydrogen-bond donors (Lipinski definition) is 1. The minimum absolute atomic E-state index is 0.0480. The molecule has 0 aliphatic carbocycles. The molecule has 0 radical (unpaired) electrons. The van der Waals surface area contributed by atoms with Crippen LogP contribution >= 0.6 is 23.2 Å². The molecule has 4 aromatic rings. The number of nitrogens with zero attached hydrogens (tertiary/aromatic N) is 3. The number of carboxylic acid groups (broad SMARTS) is 1. The molecule has 1 atom stereocenters. The van der Waals surface area contributed by atoms with Crippen molar-refractivity contribution in [2.45, 2.75) is 46.6 Å². The quantitative estimate of drug-likeness (QED) is 0.215. The standard InChI is InChI=1S/C30H29Cl2N3O5/c1-6-39-26-11-17(4)22(14-21(26)16(2)3)28-34-25-10-8-7-9-20(25)29(36)35(28)33-15-19-12-23(31)27(24(32)13-19)40-18(5)30(37)38/h7-16,18H,6H2,1-5H3,(H,37,38)/t18-/m1/s1. The zero-order valence-electron chi connectivity index (χ0n) is 22.7. The number of carboxylic acids is 1. The number of halogens is 2. The van der Waals surface area contributed by atoms with Crippen LogP contribution in [0, 0.1) is 6.92 Å². The Labute approximate surface area is 241 Å². The first kappa shape index (κ1) is 29.1. The first-order valence-corrected chi connectivity index (χ1v) is 13.5. The summed E-state index contributed by atoms with van der Waals surface area (Å²) >= 11 is 12.7. The van der Waals surface area contributed by atoms with Gasteiger partial charge in [-0.15, -0.1) is 0 Å². The number of aromatic nitrogens is 2. The van der Waals surface area contributed by atoms with Gasteiger partial charge in [0.25, 0.3) is 5.56 Å². The molecule has 0 saturated carbocycles. The Morgan fingerprint density at radius 1 is 1.12 bits per heavy atom. The number of aryl methyl sites for hydroxylation is 1. The average molecular weight is 582 g/mol. The van der Waals surface area contributed by atoms with Crippen LogP contribution in [-0.2, 0) is 4.79 Å². The maximum atomic E-state index is 13.7. The first-order valence-electron chi connectivity index (χ1n) is 12.7. The van der Waals surface area contributed by atoms with E-state index in [1.807, 2.05) is 32.0 Å². The van der Waals surface area contributed by atoms with Crippen LogP contribution in [0.2, 0.25) is 10.0 Å². The van der Waals surface area contributed by atoms with E-state index in [1.54, 1.807) is 18.2 Å². The first-order chi connectivity index (χ1) is 19.0. The van der Waals surface area contributed by atoms with Gasteiger partial charge >= 0.3 is 5.97 Å². The monoisotopic (exact) mass is 581 g/mol. The molecule has 3 aromatic carbocycles. The van der Waals surface area contributed by atoms with Gasteiger partial charge in [-0.25, -0.2) is 9.78 Å². The number of hydrogen-bond acceptors (Lipinski definition) is 6. The third kappa shape index (κ3) is 5.98. The van der Waals surface area contributed by atoms with E-state index in [4.69, 9.17) is 42.8 Å². The maximum Gasteiger partial charge on any atom is 0.344 e. The molecule has 0 fully saturated rings. The van der Waals surface area contributed by atoms with Gasteiger partial charge in [0.05, 0.1) is 33.8 Å². The molecule has 40 heavy (non-hydrogen) atoms. The van der Waals surface area contributed by atoms with Crippen LogP contribution in [0.25, 0.3) is 22.3 Å². The molecule has 4 rings (SSSR count). The molecule has 0 saturated heterocycles. The summed E-state index contributed by atoms with van der Waals surface area (Å²) in [4.78, 5) is 29.7. The van der Waals surface area contributed by atoms with Crippen LogP contribution in [0.4, 0.5) is 0 Å². The van der Waals surface area contributed by atoms with Crippen LogP contribution in [0.15, 0.2) is 58.4 Å². The highest BCUT2D eigenvalue weighted by molar-refractivity contribution is 6.37. The summed E-state index contributed by atoms with van der Waals surface area (Å²) in [7, 11) is 0. The lowest BCUT2D eigenvalue weighted by Crippen LogP contribution is -2.23. The molecule has 1 N–H and O–H groups in total. The fourth-order valence-electron chi connectivity index (χ4n) is 4.19. The predicted octanol–water partition coefficient (Wildman–Crippen LogP) is 6.93. The molecule has 10 heteroatoms. The van der Waals surface area contributed by atoms with Gasteiger partial charge in [-0.1, -0.05) is 49.2 Å². The minimum atomic E-state index is -1.15. The highest BCUT2D eigenvalue weighted by Gasteiger charge is 2.20. The lowest BCUT2D eigenvalue weighted by Gasteiger charge is -2.18. The van der Waals surface area contributed by atoms with Gasteiger partial charge in [-0.3, -0.25) is 4.79 Å². The van der Waals surface area contributed by atoms with Gasteiger partial charge in [0.15, 0.2) is 17.7 Å². The summed E-state index contributed by atoms with van der Waals surface area (Å²) in [6.07, 6.45) is 0.295. The molecule has 0 spiro atoms. The molecule has 0 unspecified atom stereocenters. The van der Waals surface area contributed by atoms with Crippen molar-refractivity contribution in [3.05, 3.63) is 85.6 Å². The van der Waals surface area contributed by atoms with E-state index >= 15 is 0 Å². The Morgan fingerprint density at radius 2 is 1.80 bits per heavy atom. The minimum Gasteiger partial charge on any atom is -0.494 e. The number of fused-ring (bicyclic) bond motifs is 1. The summed E-state index contributed by atoms with van der Waals surface area (Å²) in [5.74, 6) is 0.222. The lowest BCUT2D eigenvalue weighted by atomic mass is 9.96. The smallest absolute Gasteiger partial charge is 0.344 e. The summed E-state index contributed by atoms with van der Waals surface area (Å²) < 4.78 is 12.5. The number of rotatable bonds is 9. The number of carbonyl (C=O) groups is 1. The Balaban J connectivity index is 1.88. The summed E-state index contributed by atoms with van der Waals surface area (Å²) in [5.41, 5.74) is 3.29. The van der Waals surface area contributed by atoms with Crippen LogP contribution < -0.4 is 15.0 Å². The maximum absolute atomic E-state index is 13.7. The summed E-state index contributed by atoms with van der Waals surface area (Å²) in [6, 6.07) is 14.1. The fourth-order valence-corrected chi connectivity index (χ4v) is 4.79. The Morgan fingerprint density at radius 3 is 2.42 bits per heavy atom. The van der Waals surface area contributed by atoms with Crippen molar-refractivity contribution < 1.29 is 19.4 Å². The van der Waals surface area contributed by atoms with Crippen LogP contribution in [0.5, 0.6) is 11.5 Å². The van der Waals surface area contributed by atoms with Crippen molar-refractivity contribution in [3.63, 3.8) is 0 Å². The SMILES string of the molecule is CCOc1cc(C)c(-c2nc3ccccc3c(=O)n2N=Cc2cc(Cl)c(O[C@H](C)C(=O)O)c(Cl)c2)cc1C(C)C. The van der Waals surface area contributed by atoms with Gasteiger partial charge in [-0.05, 0) is 79.8 Å². The summed E-state index contributed by atoms with van der Waals surface area (Å²) in [6.45, 7) is 9.94. The zero-order chi connectivity index (χ0) is 29.1. The third-order valence-electron chi connectivity index (χ3n) is 6.26. The van der Waals surface area contributed by atoms with Gasteiger partial charge in [-0.2, -0.15) is 9.78 Å². The number of aliphatic carboxylic acids is 1. The average Bonchev–Trinajstić information content (AvgIpc) is 2.90. The van der Waals surface area contributed by atoms with Crippen LogP contribution in [-0.4, -0.2) is 39.7 Å². The third-order valence-corrected chi connectivity index (χ3v) is 6.82. The number of ether oxygens (including phenoxy) is 2. The summed E-state index contributed by atoms with van der Waals surface area (Å²) in [5, 5.41) is 14.3. The van der Waals surface area contributed by atoms with Crippen molar-refractivity contribution in [1.82, 2.24) is 9.66 Å². The van der Waals surface area contributed by atoms with E-state index < -0.39 is 12.1 Å². The zero-order valence-corrected chi connectivity index (χ0v) is 24.2. The molecule has 1 heterocycles. The van der Waals surface area contributed by atoms with Gasteiger partial charge in [0.2, 0.25) is 0 Å². The van der Waals surface area contributed by atoms with Gasteiger partial charge in [0.1, 0.15) is 5.75 Å². The molecule has 1 aromatic heterocycles. The Hall–Kier alpha value is -3.88. The molecule has 8 nitrogen and oxygen atoms in total. The van der Waals surface area contributed by atoms with Crippen molar-refractivity contribution in [3.8, 4) is 22.9 Å². The van der Waals surface area contributed by atoms with Crippen molar-refractivity contribution >= 4 is 46.3 Å². The van der Waals surface area contributed by atoms with Crippen molar-refractivity contribution in [2.75, 3.05) is 6.61 Å². The van der Waals surface area contributed by atoms with Crippen LogP contribution in [0.3, 0.4) is 0 Å². The Kier molecular flexibility index (Phi) is 8.81. The molecular formula is C30H29Cl2N3O5. The van der Waals surface area contributed by atoms with E-state index in [-0.39, 0.29) is 27.3 Å². The Bertz CT molecular complexity index is 1660. The van der Waals surface area contributed by atoms with E-state index in [9.17, 15) is 9.59 Å². The molecular weight excluding hydrogens is 553 g/mol. The largest absolute Gasteiger partial charge is 0.494 e. The lowest BCUT2D eigenvalue weighted by molar-refractivity contribution is -0.144. The second-order valence-electron chi connectivity index (χ2n) is 9.52. The predicted molar refractivity (Wildman–Crippen MR) is 159 cm³/mol. The number of benzene rings is 3. The van der Waals surface area contributed by atoms with Gasteiger partial charge < -0.3 is 14.6 Å². The highest BCUT2D eigenvalue weighted by atomic mass is 35.5. The van der Waals surface area contributed by atoms with Crippen LogP contribution in [0.1, 0.15) is 50.3 Å². The highest BCUT2D eigenvalue weighted by Crippen LogP contribution is 2.36.